The number of carbonyl (C=O) groups excluding carboxylic acids is 1. The zero-order chi connectivity index (χ0) is 16.0. The van der Waals surface area contributed by atoms with Crippen molar-refractivity contribution >= 4 is 27.1 Å². The number of benzene rings is 1. The van der Waals surface area contributed by atoms with Crippen molar-refractivity contribution in [2.75, 3.05) is 19.2 Å². The van der Waals surface area contributed by atoms with E-state index >= 15 is 0 Å². The molecule has 4 rings (SSSR count). The Morgan fingerprint density at radius 3 is 2.87 bits per heavy atom. The van der Waals surface area contributed by atoms with E-state index in [2.05, 4.69) is 0 Å². The minimum absolute atomic E-state index is 0.103. The second-order valence-corrected chi connectivity index (χ2v) is 7.29. The third-order valence-electron chi connectivity index (χ3n) is 4.01. The molecule has 0 saturated carbocycles. The summed E-state index contributed by atoms with van der Waals surface area (Å²) in [6.07, 6.45) is 0.876. The van der Waals surface area contributed by atoms with Gasteiger partial charge in [-0.2, -0.15) is 4.79 Å². The van der Waals surface area contributed by atoms with Crippen molar-refractivity contribution in [2.45, 2.75) is 24.9 Å². The Balaban J connectivity index is 1.93. The lowest BCUT2D eigenvalue weighted by Crippen LogP contribution is -2.31. The fourth-order valence-corrected chi connectivity index (χ4v) is 4.93. The lowest BCUT2D eigenvalue weighted by Gasteiger charge is -2.19. The maximum Gasteiger partial charge on any atom is 0.532 e. The summed E-state index contributed by atoms with van der Waals surface area (Å²) in [5, 5.41) is 1.11. The second-order valence-electron chi connectivity index (χ2n) is 5.35. The number of fused-ring (bicyclic) bond motifs is 4. The van der Waals surface area contributed by atoms with Crippen molar-refractivity contribution in [3.05, 3.63) is 28.4 Å². The monoisotopic (exact) mass is 334 g/mol. The van der Waals surface area contributed by atoms with Crippen LogP contribution in [0.2, 0.25) is 0 Å². The molecule has 0 N–H and O–H groups in total. The molecule has 0 amide bonds. The molecule has 120 valence electrons. The number of hydrogen-bond acceptors (Lipinski definition) is 5. The molecule has 0 fully saturated rings. The van der Waals surface area contributed by atoms with Crippen LogP contribution >= 0.6 is 0 Å². The highest BCUT2D eigenvalue weighted by atomic mass is 32.2. The van der Waals surface area contributed by atoms with E-state index in [0.717, 1.165) is 29.3 Å². The van der Waals surface area contributed by atoms with E-state index in [1.54, 1.807) is 19.1 Å². The van der Waals surface area contributed by atoms with Crippen LogP contribution < -0.4 is 14.9 Å². The molecule has 0 spiro atoms. The first-order valence-corrected chi connectivity index (χ1v) is 8.93. The number of aryl methyl sites for hydroxylation is 1. The number of pyridine rings is 1. The lowest BCUT2D eigenvalue weighted by atomic mass is 10.2. The van der Waals surface area contributed by atoms with Gasteiger partial charge in [-0.15, -0.1) is 0 Å². The number of aromatic nitrogens is 1. The molecular weight excluding hydrogens is 318 g/mol. The summed E-state index contributed by atoms with van der Waals surface area (Å²) in [4.78, 5) is 24.7. The van der Waals surface area contributed by atoms with Gasteiger partial charge >= 0.3 is 5.30 Å². The van der Waals surface area contributed by atoms with Gasteiger partial charge in [0, 0.05) is 24.4 Å². The lowest BCUT2D eigenvalue weighted by molar-refractivity contribution is 0.174. The quantitative estimate of drug-likeness (QED) is 0.591. The van der Waals surface area contributed by atoms with E-state index in [1.165, 1.54) is 0 Å². The Bertz CT molecular complexity index is 860. The molecule has 6 nitrogen and oxygen atoms in total. The molecule has 3 heterocycles. The predicted molar refractivity (Wildman–Crippen MR) is 86.5 cm³/mol. The van der Waals surface area contributed by atoms with Gasteiger partial charge in [0.1, 0.15) is 5.75 Å². The molecule has 7 heteroatoms. The first kappa shape index (κ1) is 14.4. The highest BCUT2D eigenvalue weighted by Crippen LogP contribution is 2.36. The van der Waals surface area contributed by atoms with Crippen molar-refractivity contribution in [3.8, 4) is 11.5 Å². The maximum atomic E-state index is 12.5. The summed E-state index contributed by atoms with van der Waals surface area (Å²) >= 11 is 0. The fraction of sp³-hybridized carbons (Fsp3) is 0.375. The molecule has 1 aromatic carbocycles. The van der Waals surface area contributed by atoms with Crippen LogP contribution in [0, 0.1) is 0 Å². The molecule has 2 aromatic rings. The average Bonchev–Trinajstić information content (AvgIpc) is 3.01. The number of nitrogens with zero attached hydrogens (tertiary/aromatic N) is 1. The normalized spacial score (nSPS) is 18.7. The number of carbonyl (C=O) groups is 1. The first-order chi connectivity index (χ1) is 11.2. The summed E-state index contributed by atoms with van der Waals surface area (Å²) in [7, 11) is -0.699. The Morgan fingerprint density at radius 1 is 1.30 bits per heavy atom. The summed E-state index contributed by atoms with van der Waals surface area (Å²) in [6.45, 7) is 3.08. The summed E-state index contributed by atoms with van der Waals surface area (Å²) < 4.78 is 18.0. The van der Waals surface area contributed by atoms with Crippen LogP contribution in [-0.2, 0) is 22.2 Å². The van der Waals surface area contributed by atoms with E-state index < -0.39 is 10.9 Å². The fourth-order valence-electron chi connectivity index (χ4n) is 3.00. The first-order valence-electron chi connectivity index (χ1n) is 7.54. The largest absolute Gasteiger partial charge is 0.532 e. The van der Waals surface area contributed by atoms with Crippen molar-refractivity contribution in [2.24, 2.45) is 0 Å². The van der Waals surface area contributed by atoms with E-state index in [1.807, 2.05) is 10.6 Å². The standard InChI is InChI=1S/C16H16NO5S/c1-2-20-16(19)23-5-3-4-17-11-7-14-13(21-9-22-14)6-10(11)12(18)8-15(17)23/h6-8H,2-5,9H2,1H3/q+1. The van der Waals surface area contributed by atoms with Gasteiger partial charge < -0.3 is 18.8 Å². The Hall–Kier alpha value is -2.15. The van der Waals surface area contributed by atoms with Crippen LogP contribution in [0.3, 0.4) is 0 Å². The van der Waals surface area contributed by atoms with Crippen LogP contribution in [0.4, 0.5) is 4.79 Å². The number of hydrogen-bond donors (Lipinski definition) is 0. The van der Waals surface area contributed by atoms with Crippen LogP contribution in [-0.4, -0.2) is 29.0 Å². The second kappa shape index (κ2) is 5.49. The summed E-state index contributed by atoms with van der Waals surface area (Å²) in [6, 6.07) is 5.13. The highest BCUT2D eigenvalue weighted by molar-refractivity contribution is 8.10. The van der Waals surface area contributed by atoms with Gasteiger partial charge in [0.2, 0.25) is 11.8 Å². The van der Waals surface area contributed by atoms with Crippen molar-refractivity contribution in [1.29, 1.82) is 0 Å². The topological polar surface area (TPSA) is 66.8 Å². The van der Waals surface area contributed by atoms with Gasteiger partial charge in [-0.25, -0.2) is 0 Å². The van der Waals surface area contributed by atoms with Crippen LogP contribution in [0.25, 0.3) is 10.9 Å². The smallest absolute Gasteiger partial charge is 0.454 e. The van der Waals surface area contributed by atoms with Gasteiger partial charge in [-0.05, 0) is 13.0 Å². The number of rotatable bonds is 1. The van der Waals surface area contributed by atoms with Gasteiger partial charge in [0.25, 0.3) is 0 Å². The Kier molecular flexibility index (Phi) is 3.45. The third kappa shape index (κ3) is 2.26. The highest BCUT2D eigenvalue weighted by Gasteiger charge is 2.40. The molecule has 0 aliphatic carbocycles. The third-order valence-corrected chi connectivity index (χ3v) is 6.07. The van der Waals surface area contributed by atoms with E-state index in [0.29, 0.717) is 23.5 Å². The van der Waals surface area contributed by atoms with Crippen LogP contribution in [0.1, 0.15) is 13.3 Å². The molecule has 1 atom stereocenters. The van der Waals surface area contributed by atoms with E-state index in [9.17, 15) is 9.59 Å². The van der Waals surface area contributed by atoms with Crippen molar-refractivity contribution in [1.82, 2.24) is 4.57 Å². The molecule has 0 saturated heterocycles. The molecular formula is C16H16NO5S+. The van der Waals surface area contributed by atoms with Gasteiger partial charge in [-0.1, -0.05) is 0 Å². The SMILES string of the molecule is CCOC(=O)[S+]1CCCn2c1cc(=O)c1cc3c(cc12)OCO3. The zero-order valence-electron chi connectivity index (χ0n) is 12.7. The molecule has 2 aliphatic heterocycles. The minimum atomic E-state index is -0.699. The van der Waals surface area contributed by atoms with Gasteiger partial charge in [0.15, 0.2) is 27.8 Å². The molecule has 1 aromatic heterocycles. The molecule has 2 aliphatic rings. The summed E-state index contributed by atoms with van der Waals surface area (Å²) in [5.74, 6) is 1.96. The minimum Gasteiger partial charge on any atom is -0.454 e. The molecule has 0 bridgehead atoms. The van der Waals surface area contributed by atoms with Gasteiger partial charge in [-0.3, -0.25) is 4.79 Å². The van der Waals surface area contributed by atoms with Crippen molar-refractivity contribution < 1.29 is 19.0 Å². The summed E-state index contributed by atoms with van der Waals surface area (Å²) in [5.41, 5.74) is 0.687. The number of ether oxygens (including phenoxy) is 3. The molecule has 1 unspecified atom stereocenters. The Labute approximate surface area is 135 Å². The zero-order valence-corrected chi connectivity index (χ0v) is 13.5. The Morgan fingerprint density at radius 2 is 2.09 bits per heavy atom. The maximum absolute atomic E-state index is 12.5. The van der Waals surface area contributed by atoms with Crippen LogP contribution in [0.15, 0.2) is 28.0 Å². The van der Waals surface area contributed by atoms with Crippen LogP contribution in [0.5, 0.6) is 11.5 Å². The predicted octanol–water partition coefficient (Wildman–Crippen LogP) is 2.27. The average molecular weight is 334 g/mol. The molecule has 23 heavy (non-hydrogen) atoms. The van der Waals surface area contributed by atoms with Gasteiger partial charge in [0.05, 0.1) is 18.2 Å². The van der Waals surface area contributed by atoms with Crippen molar-refractivity contribution in [3.63, 3.8) is 0 Å². The van der Waals surface area contributed by atoms with E-state index in [-0.39, 0.29) is 17.5 Å². The molecule has 0 radical (unpaired) electrons. The van der Waals surface area contributed by atoms with E-state index in [4.69, 9.17) is 14.2 Å².